The normalized spacial score (nSPS) is 19.5. The highest BCUT2D eigenvalue weighted by atomic mass is 16.5. The van der Waals surface area contributed by atoms with E-state index in [0.717, 1.165) is 12.1 Å². The largest absolute Gasteiger partial charge is 0.494 e. The number of methoxy groups -OCH3 is 1. The van der Waals surface area contributed by atoms with E-state index in [1.807, 2.05) is 38.1 Å². The molecule has 4 nitrogen and oxygen atoms in total. The molecule has 0 radical (unpaired) electrons. The van der Waals surface area contributed by atoms with Gasteiger partial charge >= 0.3 is 0 Å². The maximum absolute atomic E-state index is 12.1. The number of hydrazone groups is 1. The summed E-state index contributed by atoms with van der Waals surface area (Å²) >= 11 is 0. The molecule has 0 spiro atoms. The molecule has 0 aliphatic carbocycles. The molecule has 1 atom stereocenters. The molecule has 1 amide bonds. The van der Waals surface area contributed by atoms with E-state index >= 15 is 0 Å². The molecule has 1 heterocycles. The van der Waals surface area contributed by atoms with E-state index in [-0.39, 0.29) is 11.8 Å². The highest BCUT2D eigenvalue weighted by molar-refractivity contribution is 6.15. The number of ether oxygens (including phenoxy) is 1. The summed E-state index contributed by atoms with van der Waals surface area (Å²) < 4.78 is 5.25. The molecule has 0 fully saturated rings. The summed E-state index contributed by atoms with van der Waals surface area (Å²) in [4.78, 5) is 12.1. The van der Waals surface area contributed by atoms with Gasteiger partial charge in [-0.05, 0) is 25.5 Å². The van der Waals surface area contributed by atoms with Crippen molar-refractivity contribution in [1.29, 1.82) is 0 Å². The van der Waals surface area contributed by atoms with Gasteiger partial charge in [0.15, 0.2) is 0 Å². The van der Waals surface area contributed by atoms with Crippen molar-refractivity contribution in [3.63, 3.8) is 0 Å². The van der Waals surface area contributed by atoms with Gasteiger partial charge in [0.25, 0.3) is 5.91 Å². The van der Waals surface area contributed by atoms with Gasteiger partial charge in [-0.1, -0.05) is 19.1 Å². The molecular formula is C13H16N2O2. The van der Waals surface area contributed by atoms with Crippen LogP contribution in [0.4, 0.5) is 5.69 Å². The summed E-state index contributed by atoms with van der Waals surface area (Å²) in [6.07, 6.45) is 0.790. The zero-order valence-electron chi connectivity index (χ0n) is 10.3. The van der Waals surface area contributed by atoms with E-state index < -0.39 is 0 Å². The molecule has 0 bridgehead atoms. The first-order valence-corrected chi connectivity index (χ1v) is 5.73. The third-order valence-electron chi connectivity index (χ3n) is 2.98. The Morgan fingerprint density at radius 1 is 1.41 bits per heavy atom. The van der Waals surface area contributed by atoms with Gasteiger partial charge in [0.1, 0.15) is 11.4 Å². The number of nitrogens with zero attached hydrogens (tertiary/aromatic N) is 2. The predicted octanol–water partition coefficient (Wildman–Crippen LogP) is 2.44. The molecule has 1 aromatic carbocycles. The van der Waals surface area contributed by atoms with Gasteiger partial charge < -0.3 is 4.74 Å². The molecule has 0 aromatic heterocycles. The second kappa shape index (κ2) is 4.57. The van der Waals surface area contributed by atoms with Crippen LogP contribution in [0.15, 0.2) is 29.4 Å². The van der Waals surface area contributed by atoms with E-state index in [0.29, 0.717) is 11.4 Å². The Bertz CT molecular complexity index is 468. The summed E-state index contributed by atoms with van der Waals surface area (Å²) in [5, 5.41) is 5.81. The van der Waals surface area contributed by atoms with Crippen LogP contribution in [0.1, 0.15) is 20.3 Å². The van der Waals surface area contributed by atoms with Crippen molar-refractivity contribution in [3.8, 4) is 5.75 Å². The fourth-order valence-electron chi connectivity index (χ4n) is 1.94. The van der Waals surface area contributed by atoms with E-state index in [2.05, 4.69) is 5.10 Å². The summed E-state index contributed by atoms with van der Waals surface area (Å²) in [6, 6.07) is 7.41. The number of carbonyl (C=O) groups excluding carboxylic acids is 1. The maximum atomic E-state index is 12.1. The smallest absolute Gasteiger partial charge is 0.256 e. The number of carbonyl (C=O) groups is 1. The van der Waals surface area contributed by atoms with Gasteiger partial charge in [0.2, 0.25) is 0 Å². The van der Waals surface area contributed by atoms with Crippen LogP contribution >= 0.6 is 0 Å². The van der Waals surface area contributed by atoms with Crippen molar-refractivity contribution in [2.24, 2.45) is 11.0 Å². The minimum Gasteiger partial charge on any atom is -0.494 e. The van der Waals surface area contributed by atoms with Crippen LogP contribution in [0.2, 0.25) is 0 Å². The number of benzene rings is 1. The topological polar surface area (TPSA) is 41.9 Å². The molecule has 2 rings (SSSR count). The standard InChI is InChI=1S/C13H16N2O2/c1-4-10-9(2)13(16)15(14-10)11-7-5-6-8-12(11)17-3/h5-9H,4H2,1-3H3. The fourth-order valence-corrected chi connectivity index (χ4v) is 1.94. The molecule has 1 aliphatic heterocycles. The highest BCUT2D eigenvalue weighted by Gasteiger charge is 2.33. The van der Waals surface area contributed by atoms with Crippen molar-refractivity contribution in [3.05, 3.63) is 24.3 Å². The number of amides is 1. The summed E-state index contributed by atoms with van der Waals surface area (Å²) in [5.74, 6) is 0.533. The van der Waals surface area contributed by atoms with E-state index in [9.17, 15) is 4.79 Å². The van der Waals surface area contributed by atoms with Gasteiger partial charge in [-0.15, -0.1) is 0 Å². The number of hydrogen-bond donors (Lipinski definition) is 0. The number of hydrogen-bond acceptors (Lipinski definition) is 3. The van der Waals surface area contributed by atoms with Gasteiger partial charge in [0.05, 0.1) is 18.7 Å². The van der Waals surface area contributed by atoms with Gasteiger partial charge in [-0.25, -0.2) is 0 Å². The molecule has 1 aliphatic rings. The molecule has 1 unspecified atom stereocenters. The Labute approximate surface area is 101 Å². The molecule has 0 saturated carbocycles. The first-order chi connectivity index (χ1) is 8.19. The lowest BCUT2D eigenvalue weighted by atomic mass is 10.0. The van der Waals surface area contributed by atoms with Crippen molar-refractivity contribution >= 4 is 17.3 Å². The van der Waals surface area contributed by atoms with Crippen LogP contribution in [0.3, 0.4) is 0 Å². The molecule has 0 saturated heterocycles. The zero-order chi connectivity index (χ0) is 12.4. The SMILES string of the molecule is CCC1=NN(c2ccccc2OC)C(=O)C1C. The molecule has 17 heavy (non-hydrogen) atoms. The lowest BCUT2D eigenvalue weighted by molar-refractivity contribution is -0.119. The zero-order valence-corrected chi connectivity index (χ0v) is 10.3. The van der Waals surface area contributed by atoms with Crippen LogP contribution in [0.25, 0.3) is 0 Å². The Morgan fingerprint density at radius 3 is 2.71 bits per heavy atom. The molecule has 1 aromatic rings. The second-order valence-electron chi connectivity index (χ2n) is 3.99. The average Bonchev–Trinajstić information content (AvgIpc) is 2.66. The third-order valence-corrected chi connectivity index (χ3v) is 2.98. The highest BCUT2D eigenvalue weighted by Crippen LogP contribution is 2.32. The maximum Gasteiger partial charge on any atom is 0.256 e. The second-order valence-corrected chi connectivity index (χ2v) is 3.99. The van der Waals surface area contributed by atoms with E-state index in [4.69, 9.17) is 4.74 Å². The summed E-state index contributed by atoms with van der Waals surface area (Å²) in [5.41, 5.74) is 1.62. The van der Waals surface area contributed by atoms with Crippen LogP contribution in [0.5, 0.6) is 5.75 Å². The Hall–Kier alpha value is -1.84. The first-order valence-electron chi connectivity index (χ1n) is 5.73. The van der Waals surface area contributed by atoms with E-state index in [1.165, 1.54) is 5.01 Å². The van der Waals surface area contributed by atoms with Gasteiger partial charge in [-0.2, -0.15) is 10.1 Å². The van der Waals surface area contributed by atoms with Gasteiger partial charge in [-0.3, -0.25) is 4.79 Å². The third kappa shape index (κ3) is 1.90. The van der Waals surface area contributed by atoms with E-state index in [1.54, 1.807) is 7.11 Å². The number of anilines is 1. The van der Waals surface area contributed by atoms with Crippen LogP contribution < -0.4 is 9.75 Å². The molecule has 90 valence electrons. The van der Waals surface area contributed by atoms with Crippen LogP contribution in [0, 0.1) is 5.92 Å². The molecule has 0 N–H and O–H groups in total. The molecule has 4 heteroatoms. The van der Waals surface area contributed by atoms with Crippen molar-refractivity contribution in [1.82, 2.24) is 0 Å². The summed E-state index contributed by atoms with van der Waals surface area (Å²) in [7, 11) is 1.59. The monoisotopic (exact) mass is 232 g/mol. The lowest BCUT2D eigenvalue weighted by Gasteiger charge is -2.15. The van der Waals surface area contributed by atoms with Crippen molar-refractivity contribution in [2.45, 2.75) is 20.3 Å². The average molecular weight is 232 g/mol. The minimum atomic E-state index is -0.134. The van der Waals surface area contributed by atoms with Crippen LogP contribution in [-0.2, 0) is 4.79 Å². The predicted molar refractivity (Wildman–Crippen MR) is 67.4 cm³/mol. The molecular weight excluding hydrogens is 216 g/mol. The summed E-state index contributed by atoms with van der Waals surface area (Å²) in [6.45, 7) is 3.90. The number of para-hydroxylation sites is 2. The Kier molecular flexibility index (Phi) is 3.13. The van der Waals surface area contributed by atoms with Crippen molar-refractivity contribution < 1.29 is 9.53 Å². The Morgan fingerprint density at radius 2 is 2.12 bits per heavy atom. The Balaban J connectivity index is 2.41. The van der Waals surface area contributed by atoms with Crippen molar-refractivity contribution in [2.75, 3.05) is 12.1 Å². The fraction of sp³-hybridized carbons (Fsp3) is 0.385. The quantitative estimate of drug-likeness (QED) is 0.803. The first kappa shape index (κ1) is 11.6. The van der Waals surface area contributed by atoms with Crippen LogP contribution in [-0.4, -0.2) is 18.7 Å². The lowest BCUT2D eigenvalue weighted by Crippen LogP contribution is -2.25. The number of rotatable bonds is 3. The van der Waals surface area contributed by atoms with Gasteiger partial charge in [0, 0.05) is 0 Å². The minimum absolute atomic E-state index is 0.00588.